The fourth-order valence-electron chi connectivity index (χ4n) is 3.50. The molecule has 0 saturated heterocycles. The minimum absolute atomic E-state index is 0.121. The van der Waals surface area contributed by atoms with E-state index in [0.717, 1.165) is 40.0 Å². The molecule has 1 amide bonds. The zero-order valence-electron chi connectivity index (χ0n) is 18.0. The molecule has 0 bridgehead atoms. The summed E-state index contributed by atoms with van der Waals surface area (Å²) in [5.74, 6) is 1.17. The van der Waals surface area contributed by atoms with Crippen molar-refractivity contribution in [3.8, 4) is 17.1 Å². The zero-order chi connectivity index (χ0) is 22.3. The Morgan fingerprint density at radius 3 is 2.75 bits per heavy atom. The molecule has 162 valence electrons. The van der Waals surface area contributed by atoms with Crippen LogP contribution in [0.15, 0.2) is 61.2 Å². The number of anilines is 1. The van der Waals surface area contributed by atoms with Gasteiger partial charge in [-0.2, -0.15) is 0 Å². The van der Waals surface area contributed by atoms with Crippen LogP contribution in [0.4, 0.5) is 5.82 Å². The van der Waals surface area contributed by atoms with E-state index in [1.165, 1.54) is 6.33 Å². The first kappa shape index (κ1) is 21.2. The quantitative estimate of drug-likeness (QED) is 0.443. The van der Waals surface area contributed by atoms with Gasteiger partial charge in [0.2, 0.25) is 5.88 Å². The number of para-hydroxylation sites is 1. The molecule has 0 aliphatic heterocycles. The van der Waals surface area contributed by atoms with E-state index in [-0.39, 0.29) is 5.91 Å². The van der Waals surface area contributed by atoms with Crippen LogP contribution in [0, 0.1) is 0 Å². The van der Waals surface area contributed by atoms with Gasteiger partial charge < -0.3 is 15.4 Å². The Morgan fingerprint density at radius 1 is 1.03 bits per heavy atom. The molecule has 0 unspecified atom stereocenters. The van der Waals surface area contributed by atoms with E-state index in [9.17, 15) is 4.79 Å². The lowest BCUT2D eigenvalue weighted by Gasteiger charge is -2.11. The third-order valence-electron chi connectivity index (χ3n) is 5.02. The summed E-state index contributed by atoms with van der Waals surface area (Å²) in [7, 11) is 1.63. The number of amides is 1. The van der Waals surface area contributed by atoms with Gasteiger partial charge in [-0.1, -0.05) is 18.2 Å². The monoisotopic (exact) mass is 428 g/mol. The highest BCUT2D eigenvalue weighted by Crippen LogP contribution is 2.23. The number of hydrogen-bond donors (Lipinski definition) is 2. The lowest BCUT2D eigenvalue weighted by molar-refractivity contribution is 0.0964. The van der Waals surface area contributed by atoms with Crippen molar-refractivity contribution in [3.63, 3.8) is 0 Å². The molecule has 0 spiro atoms. The van der Waals surface area contributed by atoms with Crippen molar-refractivity contribution in [1.29, 1.82) is 0 Å². The number of nitrogens with zero attached hydrogens (tertiary/aromatic N) is 4. The van der Waals surface area contributed by atoms with E-state index >= 15 is 0 Å². The number of carbonyl (C=O) groups excluding carboxylic acids is 1. The smallest absolute Gasteiger partial charge is 0.251 e. The minimum Gasteiger partial charge on any atom is -0.478 e. The van der Waals surface area contributed by atoms with Gasteiger partial charge in [0, 0.05) is 49.1 Å². The van der Waals surface area contributed by atoms with E-state index in [4.69, 9.17) is 4.74 Å². The maximum Gasteiger partial charge on any atom is 0.251 e. The van der Waals surface area contributed by atoms with Crippen LogP contribution in [0.5, 0.6) is 5.88 Å². The maximum absolute atomic E-state index is 12.2. The van der Waals surface area contributed by atoms with Crippen LogP contribution < -0.4 is 15.4 Å². The van der Waals surface area contributed by atoms with Crippen LogP contribution in [-0.4, -0.2) is 46.0 Å². The van der Waals surface area contributed by atoms with Crippen LogP contribution in [0.1, 0.15) is 22.8 Å². The number of fused-ring (bicyclic) bond motifs is 1. The largest absolute Gasteiger partial charge is 0.478 e. The van der Waals surface area contributed by atoms with Crippen molar-refractivity contribution < 1.29 is 9.53 Å². The van der Waals surface area contributed by atoms with Crippen LogP contribution in [0.3, 0.4) is 0 Å². The predicted octanol–water partition coefficient (Wildman–Crippen LogP) is 3.50. The van der Waals surface area contributed by atoms with Gasteiger partial charge in [0.25, 0.3) is 5.91 Å². The Balaban J connectivity index is 1.49. The van der Waals surface area contributed by atoms with E-state index in [1.54, 1.807) is 25.5 Å². The highest BCUT2D eigenvalue weighted by atomic mass is 16.5. The van der Waals surface area contributed by atoms with Gasteiger partial charge in [-0.3, -0.25) is 9.78 Å². The number of nitrogens with one attached hydrogen (secondary N) is 2. The molecule has 0 saturated carbocycles. The molecule has 4 rings (SSSR count). The SMILES string of the molecule is CCOc1cc(-c2cc(NCCc3cccc4c(C(=O)NC)ccnc34)ncn2)ccn1. The summed E-state index contributed by atoms with van der Waals surface area (Å²) in [4.78, 5) is 29.6. The normalized spacial score (nSPS) is 10.7. The first-order valence-corrected chi connectivity index (χ1v) is 10.4. The summed E-state index contributed by atoms with van der Waals surface area (Å²) in [5.41, 5.74) is 4.21. The molecule has 2 N–H and O–H groups in total. The van der Waals surface area contributed by atoms with Crippen molar-refractivity contribution in [2.75, 3.05) is 25.5 Å². The van der Waals surface area contributed by atoms with Crippen LogP contribution in [0.2, 0.25) is 0 Å². The zero-order valence-corrected chi connectivity index (χ0v) is 18.0. The lowest BCUT2D eigenvalue weighted by Crippen LogP contribution is -2.18. The van der Waals surface area contributed by atoms with E-state index < -0.39 is 0 Å². The van der Waals surface area contributed by atoms with Crippen molar-refractivity contribution in [2.24, 2.45) is 0 Å². The highest BCUT2D eigenvalue weighted by molar-refractivity contribution is 6.06. The second-order valence-electron chi connectivity index (χ2n) is 7.03. The molecular formula is C24H24N6O2. The third-order valence-corrected chi connectivity index (χ3v) is 5.02. The standard InChI is InChI=1S/C24H24N6O2/c1-3-32-22-13-17(8-11-27-22)20-14-21(30-15-29-20)26-10-7-16-5-4-6-18-19(24(31)25-2)9-12-28-23(16)18/h4-6,8-9,11-15H,3,7,10H2,1-2H3,(H,25,31)(H,26,29,30). The highest BCUT2D eigenvalue weighted by Gasteiger charge is 2.11. The average Bonchev–Trinajstić information content (AvgIpc) is 2.84. The molecule has 4 aromatic rings. The van der Waals surface area contributed by atoms with Gasteiger partial charge in [-0.05, 0) is 31.0 Å². The van der Waals surface area contributed by atoms with Crippen molar-refractivity contribution in [1.82, 2.24) is 25.3 Å². The molecular weight excluding hydrogens is 404 g/mol. The van der Waals surface area contributed by atoms with Gasteiger partial charge in [0.1, 0.15) is 12.1 Å². The number of ether oxygens (including phenoxy) is 1. The lowest BCUT2D eigenvalue weighted by atomic mass is 10.0. The van der Waals surface area contributed by atoms with Gasteiger partial charge >= 0.3 is 0 Å². The second-order valence-corrected chi connectivity index (χ2v) is 7.03. The number of pyridine rings is 2. The topological polar surface area (TPSA) is 102 Å². The molecule has 0 fully saturated rings. The number of carbonyl (C=O) groups is 1. The van der Waals surface area contributed by atoms with Gasteiger partial charge in [-0.25, -0.2) is 15.0 Å². The number of hydrogen-bond acceptors (Lipinski definition) is 7. The van der Waals surface area contributed by atoms with Crippen LogP contribution in [0.25, 0.3) is 22.2 Å². The number of aromatic nitrogens is 4. The van der Waals surface area contributed by atoms with Gasteiger partial charge in [0.15, 0.2) is 0 Å². The molecule has 0 radical (unpaired) electrons. The molecule has 1 aromatic carbocycles. The van der Waals surface area contributed by atoms with E-state index in [0.29, 0.717) is 24.6 Å². The molecule has 0 aliphatic carbocycles. The average molecular weight is 428 g/mol. The summed E-state index contributed by atoms with van der Waals surface area (Å²) in [5, 5.41) is 6.88. The summed E-state index contributed by atoms with van der Waals surface area (Å²) < 4.78 is 5.48. The first-order valence-electron chi connectivity index (χ1n) is 10.4. The molecule has 3 aromatic heterocycles. The Morgan fingerprint density at radius 2 is 1.91 bits per heavy atom. The Bertz CT molecular complexity index is 1240. The van der Waals surface area contributed by atoms with Gasteiger partial charge in [-0.15, -0.1) is 0 Å². The predicted molar refractivity (Wildman–Crippen MR) is 124 cm³/mol. The summed E-state index contributed by atoms with van der Waals surface area (Å²) >= 11 is 0. The van der Waals surface area contributed by atoms with Crippen molar-refractivity contribution in [3.05, 3.63) is 72.3 Å². The Kier molecular flexibility index (Phi) is 6.50. The van der Waals surface area contributed by atoms with E-state index in [1.807, 2.05) is 43.3 Å². The maximum atomic E-state index is 12.2. The Hall–Kier alpha value is -4.07. The molecule has 8 nitrogen and oxygen atoms in total. The Labute approximate surface area is 186 Å². The molecule has 0 aliphatic rings. The second kappa shape index (κ2) is 9.82. The summed E-state index contributed by atoms with van der Waals surface area (Å²) in [6.07, 6.45) is 5.64. The number of rotatable bonds is 8. The molecule has 3 heterocycles. The summed E-state index contributed by atoms with van der Waals surface area (Å²) in [6.45, 7) is 3.13. The first-order chi connectivity index (χ1) is 15.7. The summed E-state index contributed by atoms with van der Waals surface area (Å²) in [6, 6.07) is 13.3. The van der Waals surface area contributed by atoms with E-state index in [2.05, 4.69) is 30.6 Å². The molecule has 32 heavy (non-hydrogen) atoms. The fourth-order valence-corrected chi connectivity index (χ4v) is 3.50. The van der Waals surface area contributed by atoms with Crippen LogP contribution in [-0.2, 0) is 6.42 Å². The fraction of sp³-hybridized carbons (Fsp3) is 0.208. The van der Waals surface area contributed by atoms with Crippen molar-refractivity contribution in [2.45, 2.75) is 13.3 Å². The molecule has 8 heteroatoms. The van der Waals surface area contributed by atoms with Crippen LogP contribution >= 0.6 is 0 Å². The molecule has 0 atom stereocenters. The minimum atomic E-state index is -0.121. The third kappa shape index (κ3) is 4.64. The van der Waals surface area contributed by atoms with Gasteiger partial charge in [0.05, 0.1) is 23.4 Å². The number of benzene rings is 1. The van der Waals surface area contributed by atoms with Crippen molar-refractivity contribution >= 4 is 22.6 Å².